The van der Waals surface area contributed by atoms with E-state index < -0.39 is 0 Å². The summed E-state index contributed by atoms with van der Waals surface area (Å²) in [6.07, 6.45) is 3.69. The third-order valence-electron chi connectivity index (χ3n) is 2.58. The van der Waals surface area contributed by atoms with E-state index in [9.17, 15) is 0 Å². The summed E-state index contributed by atoms with van der Waals surface area (Å²) in [7, 11) is 0. The van der Waals surface area contributed by atoms with Crippen LogP contribution in [0.2, 0.25) is 0 Å². The summed E-state index contributed by atoms with van der Waals surface area (Å²) in [5.41, 5.74) is 5.13. The summed E-state index contributed by atoms with van der Waals surface area (Å²) in [5.74, 6) is 0. The molecule has 2 nitrogen and oxygen atoms in total. The van der Waals surface area contributed by atoms with Crippen molar-refractivity contribution in [3.8, 4) is 0 Å². The summed E-state index contributed by atoms with van der Waals surface area (Å²) in [4.78, 5) is 5.25. The molecule has 0 saturated heterocycles. The van der Waals surface area contributed by atoms with Gasteiger partial charge in [-0.25, -0.2) is 0 Å². The van der Waals surface area contributed by atoms with Gasteiger partial charge in [0.15, 0.2) is 6.10 Å². The Hall–Kier alpha value is -1.31. The van der Waals surface area contributed by atoms with Gasteiger partial charge in [0.2, 0.25) is 0 Å². The molecule has 0 saturated carbocycles. The van der Waals surface area contributed by atoms with Gasteiger partial charge in [0.05, 0.1) is 0 Å². The van der Waals surface area contributed by atoms with Gasteiger partial charge in [-0.3, -0.25) is 0 Å². The van der Waals surface area contributed by atoms with Crippen LogP contribution in [0.1, 0.15) is 34.8 Å². The maximum atomic E-state index is 5.25. The molecule has 0 fully saturated rings. The van der Waals surface area contributed by atoms with Crippen molar-refractivity contribution >= 4 is 6.21 Å². The molecule has 0 aromatic heterocycles. The number of hydrogen-bond acceptors (Lipinski definition) is 2. The normalized spacial score (nSPS) is 19.8. The van der Waals surface area contributed by atoms with Gasteiger partial charge in [0.1, 0.15) is 6.21 Å². The Morgan fingerprint density at radius 1 is 1.29 bits per heavy atom. The largest absolute Gasteiger partial charge is 0.387 e. The SMILES string of the molecule is Cc1cc(C)c(C2C[C]=NO2)c(C)c1. The quantitative estimate of drug-likeness (QED) is 0.664. The van der Waals surface area contributed by atoms with Crippen LogP contribution in [-0.4, -0.2) is 6.21 Å². The molecule has 73 valence electrons. The summed E-state index contributed by atoms with van der Waals surface area (Å²) in [6, 6.07) is 4.37. The van der Waals surface area contributed by atoms with Crippen LogP contribution < -0.4 is 0 Å². The molecule has 1 aromatic carbocycles. The van der Waals surface area contributed by atoms with E-state index in [0.29, 0.717) is 0 Å². The molecule has 2 rings (SSSR count). The number of hydrogen-bond donors (Lipinski definition) is 0. The summed E-state index contributed by atoms with van der Waals surface area (Å²) < 4.78 is 0. The molecule has 14 heavy (non-hydrogen) atoms. The Kier molecular flexibility index (Phi) is 2.28. The van der Waals surface area contributed by atoms with Crippen LogP contribution in [0.3, 0.4) is 0 Å². The topological polar surface area (TPSA) is 21.6 Å². The molecule has 2 heteroatoms. The molecule has 1 aliphatic rings. The summed E-state index contributed by atoms with van der Waals surface area (Å²) in [5, 5.41) is 3.70. The minimum atomic E-state index is 0.0793. The van der Waals surface area contributed by atoms with Crippen molar-refractivity contribution in [1.82, 2.24) is 0 Å². The van der Waals surface area contributed by atoms with Crippen LogP contribution >= 0.6 is 0 Å². The molecular formula is C12H14NO. The molecule has 1 unspecified atom stereocenters. The van der Waals surface area contributed by atoms with Crippen molar-refractivity contribution in [1.29, 1.82) is 0 Å². The predicted molar refractivity (Wildman–Crippen MR) is 56.5 cm³/mol. The standard InChI is InChI=1S/C12H14NO/c1-8-6-9(2)12(10(3)7-8)11-4-5-13-14-11/h6-7,11H,4H2,1-3H3. The molecule has 0 spiro atoms. The highest BCUT2D eigenvalue weighted by Crippen LogP contribution is 2.30. The second-order valence-corrected chi connectivity index (χ2v) is 3.86. The second kappa shape index (κ2) is 3.45. The van der Waals surface area contributed by atoms with Crippen molar-refractivity contribution in [2.75, 3.05) is 0 Å². The van der Waals surface area contributed by atoms with E-state index in [0.717, 1.165) is 6.42 Å². The predicted octanol–water partition coefficient (Wildman–Crippen LogP) is 2.94. The summed E-state index contributed by atoms with van der Waals surface area (Å²) in [6.45, 7) is 6.36. The van der Waals surface area contributed by atoms with Crippen molar-refractivity contribution in [2.45, 2.75) is 33.3 Å². The van der Waals surface area contributed by atoms with Crippen LogP contribution in [0.25, 0.3) is 0 Å². The van der Waals surface area contributed by atoms with Crippen molar-refractivity contribution in [2.24, 2.45) is 5.16 Å². The van der Waals surface area contributed by atoms with E-state index in [1.807, 2.05) is 0 Å². The van der Waals surface area contributed by atoms with E-state index in [-0.39, 0.29) is 6.10 Å². The van der Waals surface area contributed by atoms with Crippen LogP contribution in [0.4, 0.5) is 0 Å². The first-order chi connectivity index (χ1) is 6.68. The molecule has 1 aliphatic heterocycles. The van der Waals surface area contributed by atoms with Crippen LogP contribution in [-0.2, 0) is 4.84 Å². The first-order valence-corrected chi connectivity index (χ1v) is 4.85. The highest BCUT2D eigenvalue weighted by atomic mass is 16.6. The highest BCUT2D eigenvalue weighted by Gasteiger charge is 2.20. The Bertz CT molecular complexity index is 351. The lowest BCUT2D eigenvalue weighted by molar-refractivity contribution is 0.0848. The molecule has 0 N–H and O–H groups in total. The molecule has 1 radical (unpaired) electrons. The molecule has 1 heterocycles. The lowest BCUT2D eigenvalue weighted by atomic mass is 9.94. The van der Waals surface area contributed by atoms with Gasteiger partial charge in [0, 0.05) is 12.0 Å². The first kappa shape index (κ1) is 9.25. The van der Waals surface area contributed by atoms with Crippen molar-refractivity contribution in [3.05, 3.63) is 34.4 Å². The minimum absolute atomic E-state index is 0.0793. The first-order valence-electron chi connectivity index (χ1n) is 4.85. The van der Waals surface area contributed by atoms with E-state index >= 15 is 0 Å². The maximum absolute atomic E-state index is 5.25. The Balaban J connectivity index is 2.41. The van der Waals surface area contributed by atoms with E-state index in [1.54, 1.807) is 0 Å². The lowest BCUT2D eigenvalue weighted by Crippen LogP contribution is -2.02. The molecule has 0 bridgehead atoms. The van der Waals surface area contributed by atoms with Gasteiger partial charge in [-0.2, -0.15) is 0 Å². The second-order valence-electron chi connectivity index (χ2n) is 3.86. The summed E-state index contributed by atoms with van der Waals surface area (Å²) >= 11 is 0. The van der Waals surface area contributed by atoms with E-state index in [4.69, 9.17) is 4.84 Å². The number of aryl methyl sites for hydroxylation is 3. The molecule has 1 atom stereocenters. The molecule has 0 aliphatic carbocycles. The van der Waals surface area contributed by atoms with Crippen LogP contribution in [0.5, 0.6) is 0 Å². The van der Waals surface area contributed by atoms with Crippen LogP contribution in [0, 0.1) is 20.8 Å². The fourth-order valence-electron chi connectivity index (χ4n) is 2.11. The average molecular weight is 188 g/mol. The zero-order chi connectivity index (χ0) is 10.1. The molecule has 0 amide bonds. The maximum Gasteiger partial charge on any atom is 0.158 e. The average Bonchev–Trinajstić information content (AvgIpc) is 2.54. The van der Waals surface area contributed by atoms with Crippen molar-refractivity contribution in [3.63, 3.8) is 0 Å². The zero-order valence-corrected chi connectivity index (χ0v) is 8.79. The van der Waals surface area contributed by atoms with Gasteiger partial charge < -0.3 is 4.84 Å². The fraction of sp³-hybridized carbons (Fsp3) is 0.417. The molecule has 1 aromatic rings. The van der Waals surface area contributed by atoms with Gasteiger partial charge in [-0.05, 0) is 31.9 Å². The number of nitrogens with zero attached hydrogens (tertiary/aromatic N) is 1. The van der Waals surface area contributed by atoms with Gasteiger partial charge in [-0.1, -0.05) is 22.9 Å². The van der Waals surface area contributed by atoms with Gasteiger partial charge in [-0.15, -0.1) is 0 Å². The van der Waals surface area contributed by atoms with Crippen molar-refractivity contribution < 1.29 is 4.84 Å². The van der Waals surface area contributed by atoms with Gasteiger partial charge >= 0.3 is 0 Å². The fourth-order valence-corrected chi connectivity index (χ4v) is 2.11. The number of benzene rings is 1. The van der Waals surface area contributed by atoms with E-state index in [2.05, 4.69) is 44.3 Å². The highest BCUT2D eigenvalue weighted by molar-refractivity contribution is 5.60. The Morgan fingerprint density at radius 3 is 2.43 bits per heavy atom. The number of rotatable bonds is 1. The monoisotopic (exact) mass is 188 g/mol. The van der Waals surface area contributed by atoms with E-state index in [1.165, 1.54) is 22.3 Å². The lowest BCUT2D eigenvalue weighted by Gasteiger charge is -2.15. The minimum Gasteiger partial charge on any atom is -0.387 e. The molecular weight excluding hydrogens is 174 g/mol. The third-order valence-corrected chi connectivity index (χ3v) is 2.58. The smallest absolute Gasteiger partial charge is 0.158 e. The zero-order valence-electron chi connectivity index (χ0n) is 8.79. The van der Waals surface area contributed by atoms with Crippen LogP contribution in [0.15, 0.2) is 17.3 Å². The Morgan fingerprint density at radius 2 is 1.93 bits per heavy atom. The third kappa shape index (κ3) is 1.52. The Labute approximate surface area is 84.6 Å². The van der Waals surface area contributed by atoms with Gasteiger partial charge in [0.25, 0.3) is 0 Å².